The lowest BCUT2D eigenvalue weighted by atomic mass is 10.2. The molecule has 2 nitrogen and oxygen atoms in total. The molecule has 0 radical (unpaired) electrons. The molecule has 0 heterocycles. The zero-order valence-corrected chi connectivity index (χ0v) is 6.22. The molecule has 56 valence electrons. The molecule has 0 saturated heterocycles. The molecule has 0 unspecified atom stereocenters. The predicted octanol–water partition coefficient (Wildman–Crippen LogP) is 1.68. The average molecular weight is 140 g/mol. The first kappa shape index (κ1) is 8.95. The Bertz CT molecular complexity index is 147. The third-order valence-corrected chi connectivity index (χ3v) is 1.12. The van der Waals surface area contributed by atoms with E-state index < -0.39 is 0 Å². The van der Waals surface area contributed by atoms with Crippen LogP contribution in [0.3, 0.4) is 0 Å². The summed E-state index contributed by atoms with van der Waals surface area (Å²) in [4.78, 5) is 10.7. The van der Waals surface area contributed by atoms with Crippen molar-refractivity contribution in [1.29, 1.82) is 0 Å². The van der Waals surface area contributed by atoms with Gasteiger partial charge in [-0.1, -0.05) is 12.7 Å². The van der Waals surface area contributed by atoms with Gasteiger partial charge in [0.2, 0.25) is 0 Å². The van der Waals surface area contributed by atoms with Gasteiger partial charge >= 0.3 is 5.97 Å². The molecule has 0 aliphatic heterocycles. The highest BCUT2D eigenvalue weighted by atomic mass is 16.5. The molecule has 0 aliphatic rings. The lowest BCUT2D eigenvalue weighted by Crippen LogP contribution is -2.02. The Kier molecular flexibility index (Phi) is 4.29. The van der Waals surface area contributed by atoms with Crippen molar-refractivity contribution in [3.05, 3.63) is 24.8 Å². The smallest absolute Gasteiger partial charge is 0.333 e. The molecule has 0 rings (SSSR count). The number of allylic oxidation sites excluding steroid dienone is 1. The van der Waals surface area contributed by atoms with E-state index in [0.717, 1.165) is 6.42 Å². The van der Waals surface area contributed by atoms with Gasteiger partial charge in [0, 0.05) is 5.57 Å². The maximum absolute atomic E-state index is 10.7. The number of esters is 1. The van der Waals surface area contributed by atoms with Crippen LogP contribution in [0.1, 0.15) is 12.8 Å². The van der Waals surface area contributed by atoms with E-state index in [2.05, 4.69) is 17.9 Å². The summed E-state index contributed by atoms with van der Waals surface area (Å²) >= 11 is 0. The highest BCUT2D eigenvalue weighted by Crippen LogP contribution is 2.03. The minimum Gasteiger partial charge on any atom is -0.466 e. The first-order chi connectivity index (χ1) is 4.72. The van der Waals surface area contributed by atoms with Crippen LogP contribution in [0.15, 0.2) is 24.8 Å². The molecule has 0 saturated carbocycles. The Morgan fingerprint density at radius 2 is 2.30 bits per heavy atom. The summed E-state index contributed by atoms with van der Waals surface area (Å²) < 4.78 is 4.44. The molecule has 0 aromatic carbocycles. The number of carbonyl (C=O) groups is 1. The summed E-state index contributed by atoms with van der Waals surface area (Å²) in [6.45, 7) is 7.07. The van der Waals surface area contributed by atoms with Crippen LogP contribution >= 0.6 is 0 Å². The Morgan fingerprint density at radius 3 is 2.70 bits per heavy atom. The van der Waals surface area contributed by atoms with Crippen LogP contribution < -0.4 is 0 Å². The number of methoxy groups -OCH3 is 1. The van der Waals surface area contributed by atoms with Gasteiger partial charge in [0.15, 0.2) is 0 Å². The molecular weight excluding hydrogens is 128 g/mol. The van der Waals surface area contributed by atoms with E-state index in [0.29, 0.717) is 12.0 Å². The Labute approximate surface area is 61.2 Å². The molecule has 2 heteroatoms. The number of hydrogen-bond acceptors (Lipinski definition) is 2. The van der Waals surface area contributed by atoms with Gasteiger partial charge in [-0.15, -0.1) is 6.58 Å². The van der Waals surface area contributed by atoms with Crippen LogP contribution in [0.25, 0.3) is 0 Å². The zero-order valence-electron chi connectivity index (χ0n) is 6.22. The van der Waals surface area contributed by atoms with Crippen LogP contribution in [0.5, 0.6) is 0 Å². The number of hydrogen-bond donors (Lipinski definition) is 0. The van der Waals surface area contributed by atoms with Crippen molar-refractivity contribution in [2.75, 3.05) is 7.11 Å². The maximum atomic E-state index is 10.7. The predicted molar refractivity (Wildman–Crippen MR) is 40.6 cm³/mol. The molecule has 0 N–H and O–H groups in total. The first-order valence-corrected chi connectivity index (χ1v) is 3.09. The molecule has 0 aliphatic carbocycles. The van der Waals surface area contributed by atoms with Crippen molar-refractivity contribution in [2.24, 2.45) is 0 Å². The highest BCUT2D eigenvalue weighted by molar-refractivity contribution is 5.87. The zero-order chi connectivity index (χ0) is 7.98. The van der Waals surface area contributed by atoms with E-state index >= 15 is 0 Å². The number of rotatable bonds is 4. The summed E-state index contributed by atoms with van der Waals surface area (Å²) in [6, 6.07) is 0. The Hall–Kier alpha value is -1.05. The Morgan fingerprint density at radius 1 is 1.70 bits per heavy atom. The fourth-order valence-corrected chi connectivity index (χ4v) is 0.523. The second kappa shape index (κ2) is 4.79. The third kappa shape index (κ3) is 3.07. The van der Waals surface area contributed by atoms with Gasteiger partial charge in [0.1, 0.15) is 0 Å². The minimum absolute atomic E-state index is 0.332. The van der Waals surface area contributed by atoms with Crippen molar-refractivity contribution in [1.82, 2.24) is 0 Å². The second-order valence-corrected chi connectivity index (χ2v) is 1.92. The summed E-state index contributed by atoms with van der Waals surface area (Å²) in [6.07, 6.45) is 3.15. The third-order valence-electron chi connectivity index (χ3n) is 1.12. The Balaban J connectivity index is 3.62. The highest BCUT2D eigenvalue weighted by Gasteiger charge is 2.03. The van der Waals surface area contributed by atoms with Crippen molar-refractivity contribution in [3.8, 4) is 0 Å². The summed E-state index contributed by atoms with van der Waals surface area (Å²) in [5.74, 6) is -0.332. The van der Waals surface area contributed by atoms with E-state index in [4.69, 9.17) is 0 Å². The van der Waals surface area contributed by atoms with Gasteiger partial charge in [-0.25, -0.2) is 4.79 Å². The summed E-state index contributed by atoms with van der Waals surface area (Å²) in [7, 11) is 1.35. The summed E-state index contributed by atoms with van der Waals surface area (Å²) in [5.41, 5.74) is 0.502. The van der Waals surface area contributed by atoms with Gasteiger partial charge in [0.25, 0.3) is 0 Å². The molecule has 0 aromatic rings. The van der Waals surface area contributed by atoms with Crippen molar-refractivity contribution >= 4 is 5.97 Å². The monoisotopic (exact) mass is 140 g/mol. The van der Waals surface area contributed by atoms with E-state index in [1.54, 1.807) is 6.08 Å². The normalized spacial score (nSPS) is 8.50. The number of carbonyl (C=O) groups excluding carboxylic acids is 1. The minimum atomic E-state index is -0.332. The van der Waals surface area contributed by atoms with Gasteiger partial charge in [-0.3, -0.25) is 0 Å². The molecule has 0 spiro atoms. The lowest BCUT2D eigenvalue weighted by Gasteiger charge is -1.99. The quantitative estimate of drug-likeness (QED) is 0.337. The van der Waals surface area contributed by atoms with Crippen molar-refractivity contribution in [3.63, 3.8) is 0 Å². The molecule has 0 fully saturated rings. The van der Waals surface area contributed by atoms with Crippen LogP contribution in [0.2, 0.25) is 0 Å². The maximum Gasteiger partial charge on any atom is 0.333 e. The molecular formula is C8H12O2. The molecule has 10 heavy (non-hydrogen) atoms. The van der Waals surface area contributed by atoms with Gasteiger partial charge in [-0.2, -0.15) is 0 Å². The van der Waals surface area contributed by atoms with Crippen LogP contribution in [0.4, 0.5) is 0 Å². The molecule has 0 atom stereocenters. The summed E-state index contributed by atoms with van der Waals surface area (Å²) in [5, 5.41) is 0. The second-order valence-electron chi connectivity index (χ2n) is 1.92. The number of ether oxygens (including phenoxy) is 1. The van der Waals surface area contributed by atoms with Gasteiger partial charge < -0.3 is 4.74 Å². The lowest BCUT2D eigenvalue weighted by molar-refractivity contribution is -0.136. The topological polar surface area (TPSA) is 26.3 Å². The van der Waals surface area contributed by atoms with E-state index in [1.807, 2.05) is 0 Å². The van der Waals surface area contributed by atoms with Crippen LogP contribution in [0, 0.1) is 0 Å². The fourth-order valence-electron chi connectivity index (χ4n) is 0.523. The largest absolute Gasteiger partial charge is 0.466 e. The average Bonchev–Trinajstić information content (AvgIpc) is 1.98. The fraction of sp³-hybridized carbons (Fsp3) is 0.375. The van der Waals surface area contributed by atoms with Gasteiger partial charge in [0.05, 0.1) is 7.11 Å². The van der Waals surface area contributed by atoms with Crippen molar-refractivity contribution in [2.45, 2.75) is 12.8 Å². The first-order valence-electron chi connectivity index (χ1n) is 3.09. The van der Waals surface area contributed by atoms with Crippen molar-refractivity contribution < 1.29 is 9.53 Å². The van der Waals surface area contributed by atoms with Crippen LogP contribution in [-0.2, 0) is 9.53 Å². The van der Waals surface area contributed by atoms with Gasteiger partial charge in [-0.05, 0) is 12.8 Å². The molecule has 0 aromatic heterocycles. The van der Waals surface area contributed by atoms with E-state index in [-0.39, 0.29) is 5.97 Å². The van der Waals surface area contributed by atoms with Crippen LogP contribution in [-0.4, -0.2) is 13.1 Å². The molecule has 0 bridgehead atoms. The molecule has 0 amide bonds. The van der Waals surface area contributed by atoms with E-state index in [9.17, 15) is 4.79 Å². The SMILES string of the molecule is C=CCCC(=C)C(=O)OC. The van der Waals surface area contributed by atoms with E-state index in [1.165, 1.54) is 7.11 Å². The standard InChI is InChI=1S/C8H12O2/c1-4-5-6-7(2)8(9)10-3/h4H,1-2,5-6H2,3H3.